The molecule has 0 spiro atoms. The van der Waals surface area contributed by atoms with Crippen LogP contribution < -0.4 is 0 Å². The van der Waals surface area contributed by atoms with Crippen LogP contribution in [0.5, 0.6) is 0 Å². The van der Waals surface area contributed by atoms with Gasteiger partial charge in [-0.2, -0.15) is 0 Å². The van der Waals surface area contributed by atoms with Crippen LogP contribution in [0.3, 0.4) is 0 Å². The van der Waals surface area contributed by atoms with E-state index < -0.39 is 0 Å². The number of carbonyl (C=O) groups excluding carboxylic acids is 2. The van der Waals surface area contributed by atoms with Crippen LogP contribution in [-0.4, -0.2) is 52.8 Å². The van der Waals surface area contributed by atoms with Gasteiger partial charge in [-0.1, -0.05) is 30.3 Å². The third-order valence-electron chi connectivity index (χ3n) is 4.91. The lowest BCUT2D eigenvalue weighted by Gasteiger charge is -2.22. The van der Waals surface area contributed by atoms with Gasteiger partial charge in [0.15, 0.2) is 12.0 Å². The van der Waals surface area contributed by atoms with E-state index in [4.69, 9.17) is 4.42 Å². The summed E-state index contributed by atoms with van der Waals surface area (Å²) in [6.45, 7) is 2.41. The second-order valence-electron chi connectivity index (χ2n) is 6.72. The SMILES string of the molecule is O=C(Cc1ccccc1)N1CCCN(C(=O)c2ccc3ncoc3c2)CC1. The summed E-state index contributed by atoms with van der Waals surface area (Å²) in [5.41, 5.74) is 2.94. The van der Waals surface area contributed by atoms with E-state index in [1.54, 1.807) is 18.2 Å². The Bertz CT molecular complexity index is 951. The Morgan fingerprint density at radius 2 is 1.74 bits per heavy atom. The molecule has 2 amide bonds. The minimum atomic E-state index is -0.0364. The highest BCUT2D eigenvalue weighted by Gasteiger charge is 2.23. The summed E-state index contributed by atoms with van der Waals surface area (Å²) < 4.78 is 5.29. The topological polar surface area (TPSA) is 66.7 Å². The van der Waals surface area contributed by atoms with Gasteiger partial charge in [-0.3, -0.25) is 9.59 Å². The summed E-state index contributed by atoms with van der Waals surface area (Å²) in [7, 11) is 0. The van der Waals surface area contributed by atoms with Crippen LogP contribution >= 0.6 is 0 Å². The summed E-state index contributed by atoms with van der Waals surface area (Å²) in [6, 6.07) is 15.0. The number of carbonyl (C=O) groups is 2. The van der Waals surface area contributed by atoms with Crippen molar-refractivity contribution in [2.75, 3.05) is 26.2 Å². The van der Waals surface area contributed by atoms with Gasteiger partial charge in [0.1, 0.15) is 5.52 Å². The van der Waals surface area contributed by atoms with E-state index in [1.807, 2.05) is 40.1 Å². The summed E-state index contributed by atoms with van der Waals surface area (Å²) in [4.78, 5) is 33.2. The normalized spacial score (nSPS) is 15.0. The fourth-order valence-electron chi connectivity index (χ4n) is 3.42. The molecule has 27 heavy (non-hydrogen) atoms. The monoisotopic (exact) mass is 363 g/mol. The van der Waals surface area contributed by atoms with Crippen molar-refractivity contribution in [2.24, 2.45) is 0 Å². The molecule has 3 aromatic rings. The zero-order valence-electron chi connectivity index (χ0n) is 15.0. The smallest absolute Gasteiger partial charge is 0.254 e. The standard InChI is InChI=1S/C21H21N3O3/c25-20(13-16-5-2-1-3-6-16)23-9-4-10-24(12-11-23)21(26)17-7-8-18-19(14-17)27-15-22-18/h1-3,5-8,14-15H,4,9-13H2. The van der Waals surface area contributed by atoms with Crippen LogP contribution in [-0.2, 0) is 11.2 Å². The highest BCUT2D eigenvalue weighted by Crippen LogP contribution is 2.17. The molecule has 1 aliphatic heterocycles. The Kier molecular flexibility index (Phi) is 4.87. The van der Waals surface area contributed by atoms with Gasteiger partial charge in [-0.15, -0.1) is 0 Å². The average molecular weight is 363 g/mol. The van der Waals surface area contributed by atoms with Crippen molar-refractivity contribution in [3.63, 3.8) is 0 Å². The number of benzene rings is 2. The Morgan fingerprint density at radius 3 is 2.59 bits per heavy atom. The van der Waals surface area contributed by atoms with Crippen molar-refractivity contribution in [3.05, 3.63) is 66.1 Å². The van der Waals surface area contributed by atoms with E-state index in [1.165, 1.54) is 6.39 Å². The Morgan fingerprint density at radius 1 is 0.963 bits per heavy atom. The molecule has 2 aromatic carbocycles. The second-order valence-corrected chi connectivity index (χ2v) is 6.72. The van der Waals surface area contributed by atoms with Gasteiger partial charge in [0, 0.05) is 31.7 Å². The maximum atomic E-state index is 12.8. The van der Waals surface area contributed by atoms with E-state index in [-0.39, 0.29) is 11.8 Å². The first-order valence-electron chi connectivity index (χ1n) is 9.15. The van der Waals surface area contributed by atoms with Crippen molar-refractivity contribution >= 4 is 22.9 Å². The van der Waals surface area contributed by atoms with Crippen LogP contribution in [0.1, 0.15) is 22.3 Å². The number of nitrogens with zero attached hydrogens (tertiary/aromatic N) is 3. The van der Waals surface area contributed by atoms with Crippen molar-refractivity contribution in [1.82, 2.24) is 14.8 Å². The number of oxazole rings is 1. The number of hydrogen-bond donors (Lipinski definition) is 0. The Labute approximate surface area is 157 Å². The molecule has 0 atom stereocenters. The molecule has 0 radical (unpaired) electrons. The number of hydrogen-bond acceptors (Lipinski definition) is 4. The molecule has 0 aliphatic carbocycles. The van der Waals surface area contributed by atoms with Crippen LogP contribution in [0, 0.1) is 0 Å². The maximum Gasteiger partial charge on any atom is 0.254 e. The average Bonchev–Trinajstić information content (AvgIpc) is 3.02. The van der Waals surface area contributed by atoms with E-state index in [0.29, 0.717) is 43.7 Å². The molecule has 4 rings (SSSR count). The fraction of sp³-hybridized carbons (Fsp3) is 0.286. The van der Waals surface area contributed by atoms with Crippen LogP contribution in [0.2, 0.25) is 0 Å². The lowest BCUT2D eigenvalue weighted by atomic mass is 10.1. The molecule has 1 aromatic heterocycles. The van der Waals surface area contributed by atoms with E-state index in [2.05, 4.69) is 4.98 Å². The minimum Gasteiger partial charge on any atom is -0.443 e. The van der Waals surface area contributed by atoms with Crippen molar-refractivity contribution in [1.29, 1.82) is 0 Å². The van der Waals surface area contributed by atoms with E-state index >= 15 is 0 Å². The summed E-state index contributed by atoms with van der Waals surface area (Å²) in [5.74, 6) is 0.0734. The molecule has 0 saturated carbocycles. The molecule has 0 unspecified atom stereocenters. The van der Waals surface area contributed by atoms with Gasteiger partial charge >= 0.3 is 0 Å². The molecular weight excluding hydrogens is 342 g/mol. The molecule has 0 bridgehead atoms. The molecular formula is C21H21N3O3. The first-order valence-corrected chi connectivity index (χ1v) is 9.15. The number of amides is 2. The molecule has 1 saturated heterocycles. The Balaban J connectivity index is 1.40. The van der Waals surface area contributed by atoms with Gasteiger partial charge < -0.3 is 14.2 Å². The predicted molar refractivity (Wildman–Crippen MR) is 101 cm³/mol. The lowest BCUT2D eigenvalue weighted by Crippen LogP contribution is -2.38. The first-order chi connectivity index (χ1) is 13.2. The Hall–Kier alpha value is -3.15. The largest absolute Gasteiger partial charge is 0.443 e. The predicted octanol–water partition coefficient (Wildman–Crippen LogP) is 2.75. The zero-order chi connectivity index (χ0) is 18.6. The van der Waals surface area contributed by atoms with Gasteiger partial charge in [-0.05, 0) is 30.2 Å². The zero-order valence-corrected chi connectivity index (χ0v) is 15.0. The lowest BCUT2D eigenvalue weighted by molar-refractivity contribution is -0.130. The van der Waals surface area contributed by atoms with Gasteiger partial charge in [0.05, 0.1) is 6.42 Å². The molecule has 1 aliphatic rings. The first kappa shape index (κ1) is 17.3. The second kappa shape index (κ2) is 7.61. The number of aromatic nitrogens is 1. The summed E-state index contributed by atoms with van der Waals surface area (Å²) >= 11 is 0. The van der Waals surface area contributed by atoms with Crippen molar-refractivity contribution in [2.45, 2.75) is 12.8 Å². The maximum absolute atomic E-state index is 12.8. The molecule has 2 heterocycles. The van der Waals surface area contributed by atoms with Crippen molar-refractivity contribution < 1.29 is 14.0 Å². The highest BCUT2D eigenvalue weighted by atomic mass is 16.3. The molecule has 0 N–H and O–H groups in total. The molecule has 6 heteroatoms. The van der Waals surface area contributed by atoms with Gasteiger partial charge in [-0.25, -0.2) is 4.98 Å². The minimum absolute atomic E-state index is 0.0364. The molecule has 1 fully saturated rings. The quantitative estimate of drug-likeness (QED) is 0.718. The fourth-order valence-corrected chi connectivity index (χ4v) is 3.42. The summed E-state index contributed by atoms with van der Waals surface area (Å²) in [6.07, 6.45) is 2.55. The van der Waals surface area contributed by atoms with Gasteiger partial charge in [0.2, 0.25) is 5.91 Å². The highest BCUT2D eigenvalue weighted by molar-refractivity contribution is 5.97. The van der Waals surface area contributed by atoms with Crippen molar-refractivity contribution in [3.8, 4) is 0 Å². The van der Waals surface area contributed by atoms with Crippen LogP contribution in [0.15, 0.2) is 59.3 Å². The number of rotatable bonds is 3. The summed E-state index contributed by atoms with van der Waals surface area (Å²) in [5, 5.41) is 0. The third kappa shape index (κ3) is 3.84. The van der Waals surface area contributed by atoms with Gasteiger partial charge in [0.25, 0.3) is 5.91 Å². The molecule has 138 valence electrons. The van der Waals surface area contributed by atoms with E-state index in [9.17, 15) is 9.59 Å². The van der Waals surface area contributed by atoms with Crippen LogP contribution in [0.25, 0.3) is 11.1 Å². The molecule has 6 nitrogen and oxygen atoms in total. The number of fused-ring (bicyclic) bond motifs is 1. The van der Waals surface area contributed by atoms with Crippen LogP contribution in [0.4, 0.5) is 0 Å². The van der Waals surface area contributed by atoms with E-state index in [0.717, 1.165) is 17.5 Å². The third-order valence-corrected chi connectivity index (χ3v) is 4.91.